The lowest BCUT2D eigenvalue weighted by atomic mass is 9.85. The number of likely N-dealkylation sites (tertiary alicyclic amines) is 1. The summed E-state index contributed by atoms with van der Waals surface area (Å²) in [5.41, 5.74) is 13.6. The second-order valence-corrected chi connectivity index (χ2v) is 10.6. The highest BCUT2D eigenvalue weighted by Crippen LogP contribution is 2.42. The summed E-state index contributed by atoms with van der Waals surface area (Å²) >= 11 is 0. The summed E-state index contributed by atoms with van der Waals surface area (Å²) in [4.78, 5) is 43.7. The fourth-order valence-electron chi connectivity index (χ4n) is 6.38. The number of rotatable bonds is 5. The molecule has 0 radical (unpaired) electrons. The molecule has 0 aliphatic carbocycles. The maximum atomic E-state index is 13.5. The molecule has 3 unspecified atom stereocenters. The molecule has 2 saturated heterocycles. The van der Waals surface area contributed by atoms with Crippen LogP contribution in [0.15, 0.2) is 53.5 Å². The molecule has 4 heterocycles. The first kappa shape index (κ1) is 25.8. The Kier molecular flexibility index (Phi) is 5.82. The predicted molar refractivity (Wildman–Crippen MR) is 144 cm³/mol. The molecule has 0 saturated carbocycles. The van der Waals surface area contributed by atoms with Gasteiger partial charge < -0.3 is 26.6 Å². The Morgan fingerprint density at radius 1 is 1.12 bits per heavy atom. The molecule has 9 N–H and O–H groups in total. The standard InChI is InChI=1S/C27H30N8O5/c1-14-16(15-6-3-2-4-7-15)8-5-9-17(14)23(38)31-19-13-35-25(29)30-18(12-34-20(36)10-11-21(34)37)22-26(35,27(19,39)40)33-24(28)32-22/h2-9,18-19,22,39-40H,10-13H2,1H3,(H6,28,29,30,31,32,33,38)/p+1/t18-,19?,22?,26?/m0/s1. The molecule has 2 fully saturated rings. The summed E-state index contributed by atoms with van der Waals surface area (Å²) in [5.74, 6) is -3.77. The van der Waals surface area contributed by atoms with Crippen molar-refractivity contribution in [3.63, 3.8) is 0 Å². The smallest absolute Gasteiger partial charge is 0.346 e. The van der Waals surface area contributed by atoms with Gasteiger partial charge in [-0.05, 0) is 29.7 Å². The Morgan fingerprint density at radius 2 is 1.82 bits per heavy atom. The van der Waals surface area contributed by atoms with Gasteiger partial charge in [0.05, 0.1) is 13.1 Å². The van der Waals surface area contributed by atoms with E-state index in [-0.39, 0.29) is 49.7 Å². The summed E-state index contributed by atoms with van der Waals surface area (Å²) in [7, 11) is 0. The molecular formula is C27H31N8O5+. The van der Waals surface area contributed by atoms with Crippen LogP contribution in [0.1, 0.15) is 28.8 Å². The van der Waals surface area contributed by atoms with E-state index < -0.39 is 35.5 Å². The van der Waals surface area contributed by atoms with Crippen molar-refractivity contribution in [3.05, 3.63) is 59.7 Å². The van der Waals surface area contributed by atoms with Crippen LogP contribution in [0.2, 0.25) is 0 Å². The Balaban J connectivity index is 1.31. The van der Waals surface area contributed by atoms with Crippen LogP contribution in [0.3, 0.4) is 0 Å². The lowest BCUT2D eigenvalue weighted by Crippen LogP contribution is -2.79. The van der Waals surface area contributed by atoms with Gasteiger partial charge in [-0.15, -0.1) is 0 Å². The van der Waals surface area contributed by atoms with E-state index in [1.54, 1.807) is 12.1 Å². The zero-order valence-electron chi connectivity index (χ0n) is 21.8. The quantitative estimate of drug-likeness (QED) is 0.124. The molecular weight excluding hydrogens is 516 g/mol. The van der Waals surface area contributed by atoms with Gasteiger partial charge in [-0.1, -0.05) is 42.5 Å². The Morgan fingerprint density at radius 3 is 2.52 bits per heavy atom. The van der Waals surface area contributed by atoms with Gasteiger partial charge in [-0.2, -0.15) is 0 Å². The van der Waals surface area contributed by atoms with E-state index in [9.17, 15) is 24.6 Å². The minimum absolute atomic E-state index is 0.0595. The molecule has 40 heavy (non-hydrogen) atoms. The van der Waals surface area contributed by atoms with Gasteiger partial charge in [-0.3, -0.25) is 30.3 Å². The average molecular weight is 548 g/mol. The molecule has 4 aliphatic rings. The molecule has 4 aliphatic heterocycles. The number of nitrogens with one attached hydrogen (secondary N) is 3. The third-order valence-corrected chi connectivity index (χ3v) is 8.37. The fraction of sp³-hybridized carbons (Fsp3) is 0.370. The van der Waals surface area contributed by atoms with Crippen molar-refractivity contribution in [2.24, 2.45) is 16.5 Å². The molecule has 6 rings (SSSR count). The number of imide groups is 1. The lowest BCUT2D eigenvalue weighted by molar-refractivity contribution is -0.623. The van der Waals surface area contributed by atoms with Crippen LogP contribution >= 0.6 is 0 Å². The minimum Gasteiger partial charge on any atom is -0.370 e. The highest BCUT2D eigenvalue weighted by atomic mass is 16.5. The van der Waals surface area contributed by atoms with E-state index in [4.69, 9.17) is 11.5 Å². The van der Waals surface area contributed by atoms with Crippen LogP contribution in [-0.2, 0) is 9.59 Å². The molecule has 13 nitrogen and oxygen atoms in total. The third-order valence-electron chi connectivity index (χ3n) is 8.37. The number of aliphatic imine (C=N–C) groups is 1. The highest BCUT2D eigenvalue weighted by molar-refractivity contribution is 6.02. The van der Waals surface area contributed by atoms with Crippen LogP contribution in [-0.4, -0.2) is 92.0 Å². The number of nitrogens with zero attached hydrogens (tertiary/aromatic N) is 3. The van der Waals surface area contributed by atoms with Crippen molar-refractivity contribution < 1.29 is 29.2 Å². The number of amides is 3. The molecule has 1 spiro atoms. The molecule has 0 bridgehead atoms. The van der Waals surface area contributed by atoms with Gasteiger partial charge in [0.2, 0.25) is 23.3 Å². The third kappa shape index (κ3) is 3.65. The number of hydrogen-bond donors (Lipinski definition) is 7. The number of guanidine groups is 2. The second-order valence-electron chi connectivity index (χ2n) is 10.6. The Labute approximate surface area is 229 Å². The summed E-state index contributed by atoms with van der Waals surface area (Å²) in [6, 6.07) is 12.1. The van der Waals surface area contributed by atoms with Crippen molar-refractivity contribution >= 4 is 29.6 Å². The molecule has 2 aromatic carbocycles. The Hall–Kier alpha value is -4.49. The van der Waals surface area contributed by atoms with Gasteiger partial charge >= 0.3 is 5.96 Å². The first-order valence-electron chi connectivity index (χ1n) is 13.1. The summed E-state index contributed by atoms with van der Waals surface area (Å²) in [6.45, 7) is 1.66. The maximum absolute atomic E-state index is 13.5. The van der Waals surface area contributed by atoms with Crippen LogP contribution in [0.25, 0.3) is 11.1 Å². The van der Waals surface area contributed by atoms with E-state index >= 15 is 0 Å². The van der Waals surface area contributed by atoms with E-state index in [0.29, 0.717) is 5.56 Å². The van der Waals surface area contributed by atoms with E-state index in [1.807, 2.05) is 43.3 Å². The van der Waals surface area contributed by atoms with Crippen LogP contribution in [0, 0.1) is 6.92 Å². The van der Waals surface area contributed by atoms with Gasteiger partial charge in [0.1, 0.15) is 18.1 Å². The van der Waals surface area contributed by atoms with Crippen molar-refractivity contribution in [1.29, 1.82) is 0 Å². The van der Waals surface area contributed by atoms with Crippen molar-refractivity contribution in [1.82, 2.24) is 20.9 Å². The van der Waals surface area contributed by atoms with E-state index in [0.717, 1.165) is 21.6 Å². The predicted octanol–water partition coefficient (Wildman–Crippen LogP) is -2.11. The van der Waals surface area contributed by atoms with Crippen LogP contribution < -0.4 is 27.4 Å². The van der Waals surface area contributed by atoms with Gasteiger partial charge in [-0.25, -0.2) is 9.57 Å². The highest BCUT2D eigenvalue weighted by Gasteiger charge is 2.75. The number of hydrogen-bond acceptors (Lipinski definition) is 10. The second kappa shape index (κ2) is 9.03. The first-order chi connectivity index (χ1) is 19.0. The van der Waals surface area contributed by atoms with E-state index in [1.165, 1.54) is 4.58 Å². The fourth-order valence-corrected chi connectivity index (χ4v) is 6.38. The van der Waals surface area contributed by atoms with Crippen molar-refractivity contribution in [3.8, 4) is 11.1 Å². The largest absolute Gasteiger partial charge is 0.370 e. The first-order valence-corrected chi connectivity index (χ1v) is 13.1. The lowest BCUT2D eigenvalue weighted by Gasteiger charge is -2.44. The number of carbonyl (C=O) groups is 3. The molecule has 3 amide bonds. The summed E-state index contributed by atoms with van der Waals surface area (Å²) < 4.78 is 1.48. The number of carbonyl (C=O) groups excluding carboxylic acids is 3. The Bertz CT molecular complexity index is 1470. The number of nitrogens with two attached hydrogens (primary N) is 2. The average Bonchev–Trinajstić information content (AvgIpc) is 3.52. The zero-order chi connectivity index (χ0) is 28.4. The van der Waals surface area contributed by atoms with E-state index in [2.05, 4.69) is 20.9 Å². The van der Waals surface area contributed by atoms with Crippen LogP contribution in [0.5, 0.6) is 0 Å². The number of benzene rings is 2. The van der Waals surface area contributed by atoms with Crippen LogP contribution in [0.4, 0.5) is 0 Å². The molecule has 13 heteroatoms. The maximum Gasteiger partial charge on any atom is 0.346 e. The van der Waals surface area contributed by atoms with Crippen molar-refractivity contribution in [2.45, 2.75) is 49.3 Å². The van der Waals surface area contributed by atoms with Gasteiger partial charge in [0, 0.05) is 18.4 Å². The SMILES string of the molecule is Cc1c(C(=O)NC2C[N+]3=C(N)N[C@@H](CN4C(=O)CCC4=O)C4N=C(N)NC43C2(O)O)cccc1-c1ccccc1. The number of aliphatic hydroxyl groups is 2. The monoisotopic (exact) mass is 547 g/mol. The van der Waals surface area contributed by atoms with Gasteiger partial charge in [0.25, 0.3) is 5.91 Å². The topological polar surface area (TPSA) is 198 Å². The van der Waals surface area contributed by atoms with Gasteiger partial charge in [0.15, 0.2) is 5.96 Å². The minimum atomic E-state index is -2.62. The molecule has 4 atom stereocenters. The molecule has 2 aromatic rings. The molecule has 0 aromatic heterocycles. The summed E-state index contributed by atoms with van der Waals surface area (Å²) in [5, 5.41) is 32.1. The van der Waals surface area contributed by atoms with Crippen molar-refractivity contribution in [2.75, 3.05) is 13.1 Å². The normalized spacial score (nSPS) is 28.5. The molecule has 208 valence electrons. The zero-order valence-corrected chi connectivity index (χ0v) is 21.8. The summed E-state index contributed by atoms with van der Waals surface area (Å²) in [6.07, 6.45) is 0.221.